The third-order valence-corrected chi connectivity index (χ3v) is 4.22. The van der Waals surface area contributed by atoms with Crippen LogP contribution >= 0.6 is 34.2 Å². The van der Waals surface area contributed by atoms with E-state index in [2.05, 4.69) is 43.9 Å². The highest BCUT2D eigenvalue weighted by molar-refractivity contribution is 14.1. The second-order valence-electron chi connectivity index (χ2n) is 4.35. The van der Waals surface area contributed by atoms with Crippen LogP contribution in [0.1, 0.15) is 0 Å². The van der Waals surface area contributed by atoms with Crippen molar-refractivity contribution >= 4 is 50.8 Å². The molecule has 0 spiro atoms. The zero-order valence-corrected chi connectivity index (χ0v) is 12.7. The molecule has 0 radical (unpaired) electrons. The van der Waals surface area contributed by atoms with Gasteiger partial charge in [-0.05, 0) is 40.8 Å². The Morgan fingerprint density at radius 2 is 2.06 bits per heavy atom. The number of anilines is 1. The van der Waals surface area contributed by atoms with Crippen LogP contribution in [0.4, 0.5) is 5.69 Å². The molecular weight excluding hydrogens is 361 g/mol. The van der Waals surface area contributed by atoms with Gasteiger partial charge >= 0.3 is 0 Å². The molecule has 3 rings (SSSR count). The van der Waals surface area contributed by atoms with Gasteiger partial charge in [-0.1, -0.05) is 11.6 Å². The molecule has 0 unspecified atom stereocenters. The summed E-state index contributed by atoms with van der Waals surface area (Å²) in [4.78, 5) is 6.89. The highest BCUT2D eigenvalue weighted by Crippen LogP contribution is 2.32. The molecule has 3 nitrogen and oxygen atoms in total. The minimum absolute atomic E-state index is 0.738. The van der Waals surface area contributed by atoms with Crippen molar-refractivity contribution in [2.24, 2.45) is 0 Å². The molecule has 2 heterocycles. The fraction of sp³-hybridized carbons (Fsp3) is 0.308. The topological polar surface area (TPSA) is 28.2 Å². The summed E-state index contributed by atoms with van der Waals surface area (Å²) in [5, 5.41) is 5.31. The lowest BCUT2D eigenvalue weighted by molar-refractivity contribution is 0.589. The number of fused-ring (bicyclic) bond motifs is 1. The molecule has 1 N–H and O–H groups in total. The molecule has 1 aromatic heterocycles. The lowest BCUT2D eigenvalue weighted by Crippen LogP contribution is -2.43. The fourth-order valence-electron chi connectivity index (χ4n) is 2.34. The number of hydrogen-bond donors (Lipinski definition) is 1. The van der Waals surface area contributed by atoms with Crippen LogP contribution in [-0.4, -0.2) is 31.2 Å². The first-order chi connectivity index (χ1) is 8.75. The first kappa shape index (κ1) is 12.4. The molecule has 1 aliphatic heterocycles. The summed E-state index contributed by atoms with van der Waals surface area (Å²) in [7, 11) is 0. The van der Waals surface area contributed by atoms with Crippen molar-refractivity contribution in [3.8, 4) is 0 Å². The monoisotopic (exact) mass is 373 g/mol. The summed E-state index contributed by atoms with van der Waals surface area (Å²) in [6, 6.07) is 5.94. The minimum atomic E-state index is 0.738. The van der Waals surface area contributed by atoms with Crippen molar-refractivity contribution in [2.75, 3.05) is 31.1 Å². The summed E-state index contributed by atoms with van der Waals surface area (Å²) in [5.74, 6) is 0. The van der Waals surface area contributed by atoms with Gasteiger partial charge in [0.2, 0.25) is 0 Å². The van der Waals surface area contributed by atoms with Crippen LogP contribution in [0.5, 0.6) is 0 Å². The molecule has 0 amide bonds. The zero-order chi connectivity index (χ0) is 12.5. The van der Waals surface area contributed by atoms with Crippen LogP contribution in [0, 0.1) is 3.57 Å². The van der Waals surface area contributed by atoms with Crippen LogP contribution in [0.2, 0.25) is 5.02 Å². The minimum Gasteiger partial charge on any atom is -0.368 e. The Morgan fingerprint density at radius 3 is 2.83 bits per heavy atom. The van der Waals surface area contributed by atoms with Crippen LogP contribution < -0.4 is 10.2 Å². The van der Waals surface area contributed by atoms with E-state index in [1.165, 1.54) is 14.6 Å². The van der Waals surface area contributed by atoms with Gasteiger partial charge in [-0.2, -0.15) is 0 Å². The van der Waals surface area contributed by atoms with E-state index in [0.717, 1.165) is 36.7 Å². The maximum absolute atomic E-state index is 6.03. The Labute approximate surface area is 125 Å². The third kappa shape index (κ3) is 2.29. The molecule has 18 heavy (non-hydrogen) atoms. The van der Waals surface area contributed by atoms with Crippen molar-refractivity contribution in [1.29, 1.82) is 0 Å². The van der Waals surface area contributed by atoms with Crippen LogP contribution in [0.3, 0.4) is 0 Å². The SMILES string of the molecule is Clc1ccc2c(N3CCNCC3)c(I)cnc2c1. The maximum atomic E-state index is 6.03. The van der Waals surface area contributed by atoms with Crippen molar-refractivity contribution in [2.45, 2.75) is 0 Å². The first-order valence-corrected chi connectivity index (χ1v) is 7.41. The Balaban J connectivity index is 2.16. The van der Waals surface area contributed by atoms with Gasteiger partial charge < -0.3 is 10.2 Å². The second-order valence-corrected chi connectivity index (χ2v) is 5.95. The van der Waals surface area contributed by atoms with Gasteiger partial charge in [0.25, 0.3) is 0 Å². The van der Waals surface area contributed by atoms with E-state index >= 15 is 0 Å². The summed E-state index contributed by atoms with van der Waals surface area (Å²) < 4.78 is 1.20. The lowest BCUT2D eigenvalue weighted by Gasteiger charge is -2.31. The van der Waals surface area contributed by atoms with Crippen LogP contribution in [0.15, 0.2) is 24.4 Å². The average molecular weight is 374 g/mol. The summed E-state index contributed by atoms with van der Waals surface area (Å²) in [5.41, 5.74) is 2.26. The van der Waals surface area contributed by atoms with Crippen molar-refractivity contribution in [1.82, 2.24) is 10.3 Å². The van der Waals surface area contributed by atoms with E-state index in [0.29, 0.717) is 0 Å². The Hall–Kier alpha value is -0.590. The third-order valence-electron chi connectivity index (χ3n) is 3.19. The van der Waals surface area contributed by atoms with E-state index in [-0.39, 0.29) is 0 Å². The molecule has 0 aliphatic carbocycles. The molecule has 1 aliphatic rings. The Kier molecular flexibility index (Phi) is 3.59. The summed E-state index contributed by atoms with van der Waals surface area (Å²) >= 11 is 8.39. The smallest absolute Gasteiger partial charge is 0.0738 e. The number of rotatable bonds is 1. The predicted octanol–water partition coefficient (Wildman–Crippen LogP) is 2.90. The number of benzene rings is 1. The fourth-order valence-corrected chi connectivity index (χ4v) is 3.27. The van der Waals surface area contributed by atoms with Gasteiger partial charge in [-0.25, -0.2) is 0 Å². The van der Waals surface area contributed by atoms with Crippen LogP contribution in [0.25, 0.3) is 10.9 Å². The van der Waals surface area contributed by atoms with Crippen molar-refractivity contribution in [3.05, 3.63) is 33.0 Å². The number of nitrogens with zero attached hydrogens (tertiary/aromatic N) is 2. The number of pyridine rings is 1. The molecule has 0 atom stereocenters. The lowest BCUT2D eigenvalue weighted by atomic mass is 10.1. The highest BCUT2D eigenvalue weighted by Gasteiger charge is 2.16. The van der Waals surface area contributed by atoms with Gasteiger partial charge in [-0.3, -0.25) is 4.98 Å². The van der Waals surface area contributed by atoms with E-state index in [4.69, 9.17) is 11.6 Å². The summed E-state index contributed by atoms with van der Waals surface area (Å²) in [6.45, 7) is 4.15. The van der Waals surface area contributed by atoms with Crippen LogP contribution in [-0.2, 0) is 0 Å². The van der Waals surface area contributed by atoms with Gasteiger partial charge in [0.05, 0.1) is 14.8 Å². The summed E-state index contributed by atoms with van der Waals surface area (Å²) in [6.07, 6.45) is 1.93. The number of aromatic nitrogens is 1. The Morgan fingerprint density at radius 1 is 1.28 bits per heavy atom. The normalized spacial score (nSPS) is 16.2. The van der Waals surface area contributed by atoms with Crippen molar-refractivity contribution in [3.63, 3.8) is 0 Å². The molecule has 0 bridgehead atoms. The second kappa shape index (κ2) is 5.19. The molecule has 5 heteroatoms. The molecular formula is C13H13ClIN3. The largest absolute Gasteiger partial charge is 0.368 e. The quantitative estimate of drug-likeness (QED) is 0.779. The first-order valence-electron chi connectivity index (χ1n) is 5.95. The van der Waals surface area contributed by atoms with E-state index in [1.807, 2.05) is 18.3 Å². The number of halogens is 2. The number of nitrogens with one attached hydrogen (secondary N) is 1. The molecule has 94 valence electrons. The molecule has 1 saturated heterocycles. The molecule has 2 aromatic rings. The predicted molar refractivity (Wildman–Crippen MR) is 84.6 cm³/mol. The van der Waals surface area contributed by atoms with Crippen molar-refractivity contribution < 1.29 is 0 Å². The van der Waals surface area contributed by atoms with E-state index in [9.17, 15) is 0 Å². The van der Waals surface area contributed by atoms with Gasteiger partial charge in [0.1, 0.15) is 0 Å². The molecule has 0 saturated carbocycles. The standard InChI is InChI=1S/C13H13ClIN3/c14-9-1-2-10-12(7-9)17-8-11(15)13(10)18-5-3-16-4-6-18/h1-2,7-8,16H,3-6H2. The van der Waals surface area contributed by atoms with Gasteiger partial charge in [0, 0.05) is 42.8 Å². The van der Waals surface area contributed by atoms with E-state index in [1.54, 1.807) is 0 Å². The highest BCUT2D eigenvalue weighted by atomic mass is 127. The van der Waals surface area contributed by atoms with E-state index < -0.39 is 0 Å². The molecule has 1 aromatic carbocycles. The molecule has 1 fully saturated rings. The maximum Gasteiger partial charge on any atom is 0.0738 e. The zero-order valence-electron chi connectivity index (χ0n) is 9.79. The number of piperazine rings is 1. The van der Waals surface area contributed by atoms with Gasteiger partial charge in [0.15, 0.2) is 0 Å². The number of hydrogen-bond acceptors (Lipinski definition) is 3. The van der Waals surface area contributed by atoms with Gasteiger partial charge in [-0.15, -0.1) is 0 Å². The Bertz CT molecular complexity index is 582. The average Bonchev–Trinajstić information content (AvgIpc) is 2.40.